The summed E-state index contributed by atoms with van der Waals surface area (Å²) in [4.78, 5) is 19.7. The molecule has 0 bridgehead atoms. The number of benzene rings is 1. The van der Waals surface area contributed by atoms with Gasteiger partial charge in [0.05, 0.1) is 11.3 Å². The molecule has 0 amide bonds. The van der Waals surface area contributed by atoms with E-state index in [1.807, 2.05) is 0 Å². The lowest BCUT2D eigenvalue weighted by Gasteiger charge is -2.09. The van der Waals surface area contributed by atoms with Crippen LogP contribution >= 0.6 is 0 Å². The van der Waals surface area contributed by atoms with E-state index in [1.165, 1.54) is 6.92 Å². The maximum absolute atomic E-state index is 12.5. The number of halogens is 3. The van der Waals surface area contributed by atoms with Gasteiger partial charge < -0.3 is 10.1 Å². The molecule has 1 aromatic heterocycles. The first-order valence-corrected chi connectivity index (χ1v) is 8.03. The van der Waals surface area contributed by atoms with Gasteiger partial charge in [0.2, 0.25) is 5.88 Å². The van der Waals surface area contributed by atoms with Crippen LogP contribution in [0.1, 0.15) is 31.9 Å². The molecule has 0 aliphatic rings. The molecule has 142 valence electrons. The third-order valence-corrected chi connectivity index (χ3v) is 3.69. The Kier molecular flexibility index (Phi) is 6.09. The number of nitrogens with zero attached hydrogens (tertiary/aromatic N) is 2. The van der Waals surface area contributed by atoms with Gasteiger partial charge in [-0.2, -0.15) is 13.2 Å². The quantitative estimate of drug-likeness (QED) is 0.742. The van der Waals surface area contributed by atoms with E-state index in [4.69, 9.17) is 10.1 Å². The number of carbonyl (C=O) groups excluding carboxylic acids is 1. The number of pyridine rings is 1. The van der Waals surface area contributed by atoms with Gasteiger partial charge in [0, 0.05) is 18.0 Å². The fourth-order valence-corrected chi connectivity index (χ4v) is 2.23. The zero-order valence-corrected chi connectivity index (χ0v) is 15.0. The number of carbonyl (C=O) groups is 1. The number of ether oxygens (including phenoxy) is 1. The molecule has 1 N–H and O–H groups in total. The van der Waals surface area contributed by atoms with Gasteiger partial charge in [0.1, 0.15) is 11.8 Å². The molecule has 2 aromatic rings. The number of hydrogen-bond donors (Lipinski definition) is 1. The lowest BCUT2D eigenvalue weighted by atomic mass is 10.1. The van der Waals surface area contributed by atoms with Gasteiger partial charge in [-0.05, 0) is 56.7 Å². The lowest BCUT2D eigenvalue weighted by molar-refractivity contribution is -0.137. The van der Waals surface area contributed by atoms with Crippen molar-refractivity contribution < 1.29 is 22.7 Å². The molecule has 5 nitrogen and oxygen atoms in total. The minimum absolute atomic E-state index is 0.0433. The van der Waals surface area contributed by atoms with Crippen LogP contribution in [0.4, 0.5) is 13.2 Å². The van der Waals surface area contributed by atoms with Crippen molar-refractivity contribution in [2.24, 2.45) is 4.99 Å². The van der Waals surface area contributed by atoms with Gasteiger partial charge in [-0.3, -0.25) is 9.79 Å². The highest BCUT2D eigenvalue weighted by Gasteiger charge is 2.30. The zero-order chi connectivity index (χ0) is 20.2. The third-order valence-electron chi connectivity index (χ3n) is 3.69. The van der Waals surface area contributed by atoms with Crippen molar-refractivity contribution in [1.82, 2.24) is 4.98 Å². The molecule has 1 aromatic carbocycles. The number of nitrogens with one attached hydrogen (secondary N) is 1. The molecule has 0 saturated heterocycles. The molecule has 27 heavy (non-hydrogen) atoms. The van der Waals surface area contributed by atoms with Crippen molar-refractivity contribution >= 4 is 17.2 Å². The maximum atomic E-state index is 12.5. The number of ketones is 1. The second kappa shape index (κ2) is 8.11. The van der Waals surface area contributed by atoms with Crippen molar-refractivity contribution in [3.63, 3.8) is 0 Å². The minimum atomic E-state index is -4.45. The summed E-state index contributed by atoms with van der Waals surface area (Å²) in [6, 6.07) is 8.09. The summed E-state index contributed by atoms with van der Waals surface area (Å²) in [6.07, 6.45) is -3.73. The van der Waals surface area contributed by atoms with E-state index in [-0.39, 0.29) is 17.4 Å². The van der Waals surface area contributed by atoms with Crippen LogP contribution in [0.2, 0.25) is 0 Å². The topological polar surface area (TPSA) is 75.4 Å². The van der Waals surface area contributed by atoms with Crippen LogP contribution in [-0.2, 0) is 11.0 Å². The Hall–Kier alpha value is -3.03. The van der Waals surface area contributed by atoms with Crippen LogP contribution < -0.4 is 4.74 Å². The molecule has 1 atom stereocenters. The van der Waals surface area contributed by atoms with E-state index in [1.54, 1.807) is 38.1 Å². The van der Waals surface area contributed by atoms with E-state index in [2.05, 4.69) is 9.98 Å². The van der Waals surface area contributed by atoms with Gasteiger partial charge in [-0.1, -0.05) is 0 Å². The highest BCUT2D eigenvalue weighted by molar-refractivity contribution is 6.39. The molecule has 0 aliphatic heterocycles. The number of aromatic nitrogens is 1. The lowest BCUT2D eigenvalue weighted by Crippen LogP contribution is -2.22. The minimum Gasteiger partial charge on any atom is -0.439 e. The van der Waals surface area contributed by atoms with Crippen LogP contribution in [0.3, 0.4) is 0 Å². The Morgan fingerprint density at radius 2 is 1.78 bits per heavy atom. The van der Waals surface area contributed by atoms with E-state index in [9.17, 15) is 18.0 Å². The Labute approximate surface area is 154 Å². The molecule has 1 heterocycles. The van der Waals surface area contributed by atoms with Gasteiger partial charge in [0.15, 0.2) is 5.78 Å². The van der Waals surface area contributed by atoms with Crippen LogP contribution in [0, 0.1) is 5.41 Å². The molecule has 8 heteroatoms. The molecule has 0 radical (unpaired) electrons. The number of hydrogen-bond acceptors (Lipinski definition) is 5. The first kappa shape index (κ1) is 20.3. The fraction of sp³-hybridized carbons (Fsp3) is 0.263. The average molecular weight is 377 g/mol. The largest absolute Gasteiger partial charge is 0.439 e. The third kappa shape index (κ3) is 5.47. The van der Waals surface area contributed by atoms with Crippen molar-refractivity contribution in [3.05, 3.63) is 53.7 Å². The number of rotatable bonds is 6. The van der Waals surface area contributed by atoms with Crippen molar-refractivity contribution in [1.29, 1.82) is 5.41 Å². The number of Topliss-reactive ketones (excluding diaryl/α,β-unsaturated/α-hetero) is 1. The first-order valence-electron chi connectivity index (χ1n) is 8.03. The summed E-state index contributed by atoms with van der Waals surface area (Å²) in [7, 11) is 0. The Balaban J connectivity index is 2.08. The highest BCUT2D eigenvalue weighted by atomic mass is 19.4. The van der Waals surface area contributed by atoms with Crippen molar-refractivity contribution in [3.8, 4) is 11.6 Å². The van der Waals surface area contributed by atoms with Crippen LogP contribution in [0.5, 0.6) is 11.6 Å². The molecule has 1 unspecified atom stereocenters. The highest BCUT2D eigenvalue weighted by Crippen LogP contribution is 2.30. The summed E-state index contributed by atoms with van der Waals surface area (Å²) in [5.74, 6) is 0.0998. The van der Waals surface area contributed by atoms with Gasteiger partial charge >= 0.3 is 6.18 Å². The predicted molar refractivity (Wildman–Crippen MR) is 95.8 cm³/mol. The molecular formula is C19H18F3N3O2. The van der Waals surface area contributed by atoms with Crippen LogP contribution in [-0.4, -0.2) is 28.2 Å². The molecule has 2 rings (SSSR count). The Morgan fingerprint density at radius 3 is 2.26 bits per heavy atom. The monoisotopic (exact) mass is 377 g/mol. The Bertz CT molecular complexity index is 857. The SMILES string of the molecule is CC(=N)C(=O)C(C)N=C(C)c1ccc(Oc2ccc(C(F)(F)F)cn2)cc1. The van der Waals surface area contributed by atoms with Gasteiger partial charge in [-0.15, -0.1) is 0 Å². The second-order valence-electron chi connectivity index (χ2n) is 5.89. The second-order valence-corrected chi connectivity index (χ2v) is 5.89. The normalized spacial score (nSPS) is 13.2. The molecular weight excluding hydrogens is 359 g/mol. The number of alkyl halides is 3. The van der Waals surface area contributed by atoms with Crippen molar-refractivity contribution in [2.45, 2.75) is 33.0 Å². The standard InChI is InChI=1S/C19H18F3N3O2/c1-11(23)18(26)13(3)25-12(2)14-4-7-16(8-5-14)27-17-9-6-15(10-24-17)19(20,21)22/h4-10,13,23H,1-3H3. The van der Waals surface area contributed by atoms with Gasteiger partial charge in [-0.25, -0.2) is 4.98 Å². The predicted octanol–water partition coefficient (Wildman–Crippen LogP) is 4.70. The summed E-state index contributed by atoms with van der Waals surface area (Å²) in [6.45, 7) is 4.79. The summed E-state index contributed by atoms with van der Waals surface area (Å²) >= 11 is 0. The van der Waals surface area contributed by atoms with E-state index < -0.39 is 17.8 Å². The van der Waals surface area contributed by atoms with Gasteiger partial charge in [0.25, 0.3) is 0 Å². The average Bonchev–Trinajstić information content (AvgIpc) is 2.61. The van der Waals surface area contributed by atoms with Crippen molar-refractivity contribution in [2.75, 3.05) is 0 Å². The Morgan fingerprint density at radius 1 is 1.15 bits per heavy atom. The number of aliphatic imine (C=N–C) groups is 1. The maximum Gasteiger partial charge on any atom is 0.417 e. The molecule has 0 saturated carbocycles. The summed E-state index contributed by atoms with van der Waals surface area (Å²) in [5.41, 5.74) is 0.481. The molecule has 0 aliphatic carbocycles. The fourth-order valence-electron chi connectivity index (χ4n) is 2.23. The van der Waals surface area contributed by atoms with E-state index >= 15 is 0 Å². The first-order chi connectivity index (χ1) is 12.6. The molecule has 0 spiro atoms. The zero-order valence-electron chi connectivity index (χ0n) is 15.0. The van der Waals surface area contributed by atoms with Crippen LogP contribution in [0.25, 0.3) is 0 Å². The summed E-state index contributed by atoms with van der Waals surface area (Å²) < 4.78 is 43.0. The van der Waals surface area contributed by atoms with E-state index in [0.29, 0.717) is 17.7 Å². The van der Waals surface area contributed by atoms with E-state index in [0.717, 1.165) is 17.7 Å². The smallest absolute Gasteiger partial charge is 0.417 e. The molecule has 0 fully saturated rings. The van der Waals surface area contributed by atoms with Crippen LogP contribution in [0.15, 0.2) is 47.6 Å². The summed E-state index contributed by atoms with van der Waals surface area (Å²) in [5, 5.41) is 7.36.